The first kappa shape index (κ1) is 20.8. The molecule has 0 fully saturated rings. The van der Waals surface area contributed by atoms with Gasteiger partial charge in [-0.25, -0.2) is 4.98 Å². The van der Waals surface area contributed by atoms with E-state index >= 15 is 0 Å². The van der Waals surface area contributed by atoms with Gasteiger partial charge in [0.2, 0.25) is 5.91 Å². The van der Waals surface area contributed by atoms with Gasteiger partial charge in [-0.3, -0.25) is 9.59 Å². The maximum atomic E-state index is 12.8. The molecule has 0 aliphatic heterocycles. The van der Waals surface area contributed by atoms with Gasteiger partial charge in [-0.2, -0.15) is 0 Å². The molecule has 3 aromatic heterocycles. The molecular weight excluding hydrogens is 442 g/mol. The van der Waals surface area contributed by atoms with Crippen LogP contribution in [-0.4, -0.2) is 21.1 Å². The van der Waals surface area contributed by atoms with E-state index in [1.165, 1.54) is 23.1 Å². The lowest BCUT2D eigenvalue weighted by atomic mass is 10.1. The van der Waals surface area contributed by atoms with Crippen molar-refractivity contribution in [2.24, 2.45) is 0 Å². The zero-order valence-corrected chi connectivity index (χ0v) is 19.4. The SMILES string of the molecule is Cc1sc2nc(CSC(C)C(=O)Nc3ccc4oc5ccccc5c4c3)[nH]c(=O)c2c1C. The van der Waals surface area contributed by atoms with Crippen LogP contribution in [0.3, 0.4) is 0 Å². The summed E-state index contributed by atoms with van der Waals surface area (Å²) in [7, 11) is 0. The summed E-state index contributed by atoms with van der Waals surface area (Å²) in [5, 5.41) is 5.31. The number of anilines is 1. The molecule has 6 nitrogen and oxygen atoms in total. The number of thiophene rings is 1. The van der Waals surface area contributed by atoms with E-state index < -0.39 is 0 Å². The number of amides is 1. The van der Waals surface area contributed by atoms with Crippen molar-refractivity contribution in [3.63, 3.8) is 0 Å². The highest BCUT2D eigenvalue weighted by Gasteiger charge is 2.17. The average molecular weight is 464 g/mol. The topological polar surface area (TPSA) is 88.0 Å². The molecule has 1 atom stereocenters. The molecule has 0 spiro atoms. The second-order valence-electron chi connectivity index (χ2n) is 7.73. The first-order chi connectivity index (χ1) is 15.4. The Kier molecular flexibility index (Phi) is 5.27. The summed E-state index contributed by atoms with van der Waals surface area (Å²) in [5.74, 6) is 0.925. The Morgan fingerprint density at radius 3 is 2.81 bits per heavy atom. The summed E-state index contributed by atoms with van der Waals surface area (Å²) in [6.07, 6.45) is 0. The molecule has 1 unspecified atom stereocenters. The highest BCUT2D eigenvalue weighted by Crippen LogP contribution is 2.31. The van der Waals surface area contributed by atoms with Crippen molar-refractivity contribution in [1.29, 1.82) is 0 Å². The van der Waals surface area contributed by atoms with E-state index in [-0.39, 0.29) is 16.7 Å². The lowest BCUT2D eigenvalue weighted by Gasteiger charge is -2.12. The maximum absolute atomic E-state index is 12.8. The number of rotatable bonds is 5. The second-order valence-corrected chi connectivity index (χ2v) is 10.3. The highest BCUT2D eigenvalue weighted by molar-refractivity contribution is 7.99. The first-order valence-electron chi connectivity index (χ1n) is 10.2. The standard InChI is InChI=1S/C24H21N3O3S2/c1-12-13(2)32-24-21(12)23(29)26-20(27-24)11-31-14(3)22(28)25-15-8-9-19-17(10-15)16-6-4-5-7-18(16)30-19/h4-10,14H,11H2,1-3H3,(H,25,28)(H,26,27,29). The number of furan rings is 1. The molecule has 0 saturated heterocycles. The number of hydrogen-bond acceptors (Lipinski definition) is 6. The molecule has 0 bridgehead atoms. The van der Waals surface area contributed by atoms with Gasteiger partial charge in [0.05, 0.1) is 16.4 Å². The minimum absolute atomic E-state index is 0.103. The molecule has 0 radical (unpaired) electrons. The van der Waals surface area contributed by atoms with E-state index in [9.17, 15) is 9.59 Å². The predicted octanol–water partition coefficient (Wildman–Crippen LogP) is 5.76. The van der Waals surface area contributed by atoms with Crippen LogP contribution in [0.4, 0.5) is 5.69 Å². The number of benzene rings is 2. The number of nitrogens with one attached hydrogen (secondary N) is 2. The van der Waals surface area contributed by atoms with E-state index in [0.29, 0.717) is 17.0 Å². The van der Waals surface area contributed by atoms with Gasteiger partial charge in [0.25, 0.3) is 5.56 Å². The number of nitrogens with zero attached hydrogens (tertiary/aromatic N) is 1. The van der Waals surface area contributed by atoms with E-state index in [1.807, 2.05) is 63.2 Å². The molecule has 32 heavy (non-hydrogen) atoms. The smallest absolute Gasteiger partial charge is 0.259 e. The van der Waals surface area contributed by atoms with Crippen LogP contribution in [0.15, 0.2) is 51.7 Å². The Morgan fingerprint density at radius 1 is 1.19 bits per heavy atom. The van der Waals surface area contributed by atoms with Gasteiger partial charge in [0, 0.05) is 21.3 Å². The molecule has 162 valence electrons. The number of carbonyl (C=O) groups excluding carboxylic acids is 1. The quantitative estimate of drug-likeness (QED) is 0.346. The molecule has 3 heterocycles. The number of para-hydroxylation sites is 1. The number of aromatic amines is 1. The van der Waals surface area contributed by atoms with Crippen LogP contribution in [0.25, 0.3) is 32.2 Å². The van der Waals surface area contributed by atoms with Gasteiger partial charge in [-0.15, -0.1) is 23.1 Å². The van der Waals surface area contributed by atoms with Crippen LogP contribution in [0.1, 0.15) is 23.2 Å². The second kappa shape index (κ2) is 8.11. The molecule has 5 rings (SSSR count). The Bertz CT molecular complexity index is 1550. The molecule has 2 aromatic carbocycles. The number of H-pyrrole nitrogens is 1. The summed E-state index contributed by atoms with van der Waals surface area (Å²) in [6.45, 7) is 5.78. The van der Waals surface area contributed by atoms with Crippen molar-refractivity contribution in [1.82, 2.24) is 9.97 Å². The molecule has 8 heteroatoms. The van der Waals surface area contributed by atoms with Gasteiger partial charge in [-0.1, -0.05) is 18.2 Å². The third kappa shape index (κ3) is 3.69. The molecule has 2 N–H and O–H groups in total. The number of aryl methyl sites for hydroxylation is 2. The fourth-order valence-electron chi connectivity index (χ4n) is 3.69. The number of hydrogen-bond donors (Lipinski definition) is 2. The lowest BCUT2D eigenvalue weighted by molar-refractivity contribution is -0.115. The monoisotopic (exact) mass is 463 g/mol. The van der Waals surface area contributed by atoms with Crippen molar-refractivity contribution < 1.29 is 9.21 Å². The first-order valence-corrected chi connectivity index (χ1v) is 12.1. The van der Waals surface area contributed by atoms with Gasteiger partial charge in [0.1, 0.15) is 21.8 Å². The summed E-state index contributed by atoms with van der Waals surface area (Å²) < 4.78 is 5.84. The number of thioether (sulfide) groups is 1. The van der Waals surface area contributed by atoms with Crippen molar-refractivity contribution >= 4 is 66.8 Å². The van der Waals surface area contributed by atoms with E-state index in [4.69, 9.17) is 4.42 Å². The van der Waals surface area contributed by atoms with E-state index in [0.717, 1.165) is 42.9 Å². The summed E-state index contributed by atoms with van der Waals surface area (Å²) in [5.41, 5.74) is 3.19. The molecular formula is C24H21N3O3S2. The molecule has 0 saturated carbocycles. The summed E-state index contributed by atoms with van der Waals surface area (Å²) >= 11 is 2.96. The third-order valence-electron chi connectivity index (χ3n) is 5.57. The predicted molar refractivity (Wildman–Crippen MR) is 133 cm³/mol. The van der Waals surface area contributed by atoms with Gasteiger partial charge < -0.3 is 14.7 Å². The minimum Gasteiger partial charge on any atom is -0.456 e. The number of carbonyl (C=O) groups is 1. The van der Waals surface area contributed by atoms with Crippen molar-refractivity contribution in [3.05, 3.63) is 69.1 Å². The fraction of sp³-hybridized carbons (Fsp3) is 0.208. The van der Waals surface area contributed by atoms with Crippen LogP contribution in [0.5, 0.6) is 0 Å². The Hall–Kier alpha value is -3.10. The van der Waals surface area contributed by atoms with Crippen LogP contribution in [0.2, 0.25) is 0 Å². The van der Waals surface area contributed by atoms with Crippen molar-refractivity contribution in [2.75, 3.05) is 5.32 Å². The third-order valence-corrected chi connectivity index (χ3v) is 7.83. The minimum atomic E-state index is -0.320. The van der Waals surface area contributed by atoms with E-state index in [2.05, 4.69) is 15.3 Å². The zero-order valence-electron chi connectivity index (χ0n) is 17.8. The van der Waals surface area contributed by atoms with E-state index in [1.54, 1.807) is 0 Å². The summed E-state index contributed by atoms with van der Waals surface area (Å²) in [6, 6.07) is 13.5. The van der Waals surface area contributed by atoms with Crippen LogP contribution in [0, 0.1) is 13.8 Å². The van der Waals surface area contributed by atoms with Gasteiger partial charge in [0.15, 0.2) is 0 Å². The highest BCUT2D eigenvalue weighted by atomic mass is 32.2. The van der Waals surface area contributed by atoms with Crippen LogP contribution in [-0.2, 0) is 10.5 Å². The fourth-order valence-corrected chi connectivity index (χ4v) is 5.50. The lowest BCUT2D eigenvalue weighted by Crippen LogP contribution is -2.23. The van der Waals surface area contributed by atoms with Crippen molar-refractivity contribution in [3.8, 4) is 0 Å². The largest absolute Gasteiger partial charge is 0.456 e. The number of fused-ring (bicyclic) bond motifs is 4. The van der Waals surface area contributed by atoms with Gasteiger partial charge >= 0.3 is 0 Å². The molecule has 1 amide bonds. The normalized spacial score (nSPS) is 12.6. The Labute approximate surface area is 192 Å². The molecule has 0 aliphatic rings. The van der Waals surface area contributed by atoms with Crippen molar-refractivity contribution in [2.45, 2.75) is 31.8 Å². The Morgan fingerprint density at radius 2 is 1.97 bits per heavy atom. The molecule has 0 aliphatic carbocycles. The van der Waals surface area contributed by atoms with Crippen LogP contribution < -0.4 is 10.9 Å². The van der Waals surface area contributed by atoms with Crippen LogP contribution >= 0.6 is 23.1 Å². The zero-order chi connectivity index (χ0) is 22.4. The average Bonchev–Trinajstić information content (AvgIpc) is 3.28. The number of aromatic nitrogens is 2. The van der Waals surface area contributed by atoms with Gasteiger partial charge in [-0.05, 0) is 50.6 Å². The maximum Gasteiger partial charge on any atom is 0.259 e. The molecule has 5 aromatic rings. The summed E-state index contributed by atoms with van der Waals surface area (Å²) in [4.78, 5) is 34.5. The Balaban J connectivity index is 1.29.